The van der Waals surface area contributed by atoms with Gasteiger partial charge in [0.05, 0.1) is 11.7 Å². The molecule has 284 valence electrons. The molecule has 2 aromatic rings. The molecule has 8 heteroatoms. The molecule has 6 fully saturated rings. The van der Waals surface area contributed by atoms with Crippen LogP contribution in [0.4, 0.5) is 0 Å². The molecule has 6 nitrogen and oxygen atoms in total. The number of hydrogen-bond donors (Lipinski definition) is 2. The molecule has 0 saturated heterocycles. The summed E-state index contributed by atoms with van der Waals surface area (Å²) in [4.78, 5) is 14.5. The number of benzene rings is 1. The molecule has 0 radical (unpaired) electrons. The maximum atomic E-state index is 14.7. The summed E-state index contributed by atoms with van der Waals surface area (Å²) >= 11 is 1.28. The number of nitrogens with zero attached hydrogens (tertiary/aromatic N) is 1. The van der Waals surface area contributed by atoms with Crippen molar-refractivity contribution in [2.24, 2.45) is 34.5 Å². The lowest BCUT2D eigenvalue weighted by Crippen LogP contribution is -2.57. The smallest absolute Gasteiger partial charge is 0.252 e. The fourth-order valence-corrected chi connectivity index (χ4v) is 15.5. The van der Waals surface area contributed by atoms with Crippen LogP contribution in [0.2, 0.25) is 0 Å². The number of Topliss-reactive ketones (excluding diaryl/α,β-unsaturated/α-hetero) is 1. The number of aliphatic hydroxyl groups excluding tert-OH is 1. The summed E-state index contributed by atoms with van der Waals surface area (Å²) in [6.07, 6.45) is 18.8. The van der Waals surface area contributed by atoms with E-state index in [9.17, 15) is 23.4 Å². The second-order valence-electron chi connectivity index (χ2n) is 18.8. The van der Waals surface area contributed by atoms with Crippen LogP contribution in [0, 0.1) is 34.5 Å². The van der Waals surface area contributed by atoms with E-state index in [1.54, 1.807) is 10.4 Å². The topological polar surface area (TPSA) is 94.9 Å². The molecule has 0 unspecified atom stereocenters. The van der Waals surface area contributed by atoms with Crippen LogP contribution in [0.5, 0.6) is 0 Å². The highest BCUT2D eigenvalue weighted by molar-refractivity contribution is 7.91. The van der Waals surface area contributed by atoms with E-state index < -0.39 is 27.1 Å². The van der Waals surface area contributed by atoms with Gasteiger partial charge in [0.1, 0.15) is 4.21 Å². The van der Waals surface area contributed by atoms with Crippen molar-refractivity contribution in [2.75, 3.05) is 13.1 Å². The van der Waals surface area contributed by atoms with Crippen molar-refractivity contribution in [1.29, 1.82) is 0 Å². The van der Waals surface area contributed by atoms with E-state index in [0.29, 0.717) is 60.6 Å². The number of fused-ring (bicyclic) bond motifs is 8. The fraction of sp³-hybridized carbons (Fsp3) is 0.705. The second-order valence-corrected chi connectivity index (χ2v) is 21.9. The second kappa shape index (κ2) is 14.3. The van der Waals surface area contributed by atoms with Crippen LogP contribution in [-0.4, -0.2) is 53.5 Å². The summed E-state index contributed by atoms with van der Waals surface area (Å²) in [5, 5.41) is 26.1. The van der Waals surface area contributed by atoms with Gasteiger partial charge in [0, 0.05) is 30.0 Å². The zero-order valence-electron chi connectivity index (χ0n) is 31.5. The minimum atomic E-state index is -3.84. The Bertz CT molecular complexity index is 1720. The van der Waals surface area contributed by atoms with Gasteiger partial charge in [-0.15, -0.1) is 11.3 Å². The molecule has 1 aromatic heterocycles. The van der Waals surface area contributed by atoms with Gasteiger partial charge < -0.3 is 10.2 Å². The average molecular weight is 748 g/mol. The largest absolute Gasteiger partial charge is 0.393 e. The number of thiophene rings is 1. The van der Waals surface area contributed by atoms with Crippen molar-refractivity contribution in [3.63, 3.8) is 0 Å². The number of carbonyl (C=O) groups excluding carboxylic acids is 1. The third-order valence-electron chi connectivity index (χ3n) is 15.1. The van der Waals surface area contributed by atoms with Crippen LogP contribution < -0.4 is 0 Å². The first-order chi connectivity index (χ1) is 24.9. The highest BCUT2D eigenvalue weighted by atomic mass is 32.2. The molecule has 10 rings (SSSR count). The predicted octanol–water partition coefficient (Wildman–Crippen LogP) is 9.46. The Morgan fingerprint density at radius 2 is 1.65 bits per heavy atom. The van der Waals surface area contributed by atoms with E-state index in [1.165, 1.54) is 42.6 Å². The van der Waals surface area contributed by atoms with Gasteiger partial charge in [-0.25, -0.2) is 8.42 Å². The zero-order valence-corrected chi connectivity index (χ0v) is 33.2. The SMILES string of the molecule is CC1=CCC[C@@]2(C)[C@@H](CC[C@@]2(O)CN(CC23CC4CC(CC(C4)C2)C3)S(=O)(=O)c2cccs2)c2ccc(cc2C(=O)C2CCCCC2)C[C@@H](O)CC1. The first kappa shape index (κ1) is 37.1. The van der Waals surface area contributed by atoms with Crippen molar-refractivity contribution in [1.82, 2.24) is 4.31 Å². The number of ketones is 1. The highest BCUT2D eigenvalue weighted by Crippen LogP contribution is 2.62. The molecule has 0 aliphatic heterocycles. The minimum Gasteiger partial charge on any atom is -0.393 e. The molecule has 1 heterocycles. The third-order valence-corrected chi connectivity index (χ3v) is 18.3. The number of carbonyl (C=O) groups is 1. The highest BCUT2D eigenvalue weighted by Gasteiger charge is 2.59. The maximum Gasteiger partial charge on any atom is 0.252 e. The van der Waals surface area contributed by atoms with Gasteiger partial charge in [0.2, 0.25) is 0 Å². The van der Waals surface area contributed by atoms with Crippen molar-refractivity contribution < 1.29 is 23.4 Å². The Morgan fingerprint density at radius 1 is 0.942 bits per heavy atom. The van der Waals surface area contributed by atoms with Gasteiger partial charge in [-0.2, -0.15) is 4.31 Å². The van der Waals surface area contributed by atoms with Crippen LogP contribution in [0.25, 0.3) is 0 Å². The molecule has 0 spiro atoms. The fourth-order valence-electron chi connectivity index (χ4n) is 12.7. The van der Waals surface area contributed by atoms with Crippen LogP contribution in [0.3, 0.4) is 0 Å². The van der Waals surface area contributed by atoms with E-state index >= 15 is 0 Å². The maximum absolute atomic E-state index is 14.7. The van der Waals surface area contributed by atoms with E-state index in [4.69, 9.17) is 0 Å². The van der Waals surface area contributed by atoms with Crippen LogP contribution >= 0.6 is 11.3 Å². The molecule has 6 saturated carbocycles. The Morgan fingerprint density at radius 3 is 2.33 bits per heavy atom. The Kier molecular flexibility index (Phi) is 10.2. The first-order valence-electron chi connectivity index (χ1n) is 20.6. The summed E-state index contributed by atoms with van der Waals surface area (Å²) < 4.78 is 31.6. The predicted molar refractivity (Wildman–Crippen MR) is 208 cm³/mol. The minimum absolute atomic E-state index is 0.00962. The molecule has 52 heavy (non-hydrogen) atoms. The standard InChI is InChI=1S/C44H61NO5S2/c1-30-8-6-17-42(2)39(37-15-13-31(23-36(46)14-12-30)24-38(37)41(47)35-9-4-3-5-10-35)16-18-44(42,48)29-45(52(49,50)40-11-7-19-51-40)28-43-25-32-20-33(26-43)22-34(21-32)27-43/h7-8,11,13,15,19,24,32-36,39,46,48H,3-6,9-10,12,14,16-18,20-23,25-29H2,1-2H3/t32?,33?,34?,36-,39-,42-,43?,44+/m0/s1. The zero-order chi connectivity index (χ0) is 36.3. The van der Waals surface area contributed by atoms with Crippen LogP contribution in [0.15, 0.2) is 51.6 Å². The lowest BCUT2D eigenvalue weighted by atomic mass is 9.49. The molecular formula is C44H61NO5S2. The number of rotatable bonds is 8. The monoisotopic (exact) mass is 747 g/mol. The quantitative estimate of drug-likeness (QED) is 0.207. The Labute approximate surface area is 316 Å². The Balaban J connectivity index is 1.19. The normalized spacial score (nSPS) is 36.9. The summed E-state index contributed by atoms with van der Waals surface area (Å²) in [5.74, 6) is 2.24. The molecule has 8 aliphatic carbocycles. The van der Waals surface area contributed by atoms with Gasteiger partial charge in [-0.05, 0) is 161 Å². The van der Waals surface area contributed by atoms with Crippen molar-refractivity contribution in [3.8, 4) is 0 Å². The van der Waals surface area contributed by atoms with Crippen LogP contribution in [0.1, 0.15) is 150 Å². The van der Waals surface area contributed by atoms with Gasteiger partial charge >= 0.3 is 0 Å². The van der Waals surface area contributed by atoms with Gasteiger partial charge in [0.15, 0.2) is 5.78 Å². The van der Waals surface area contributed by atoms with E-state index in [1.807, 2.05) is 11.4 Å². The summed E-state index contributed by atoms with van der Waals surface area (Å²) in [5.41, 5.74) is 2.06. The van der Waals surface area contributed by atoms with Gasteiger partial charge in [0.25, 0.3) is 10.0 Å². The number of sulfonamides is 1. The van der Waals surface area contributed by atoms with Crippen molar-refractivity contribution in [2.45, 2.75) is 151 Å². The molecule has 6 bridgehead atoms. The molecule has 1 aromatic carbocycles. The third kappa shape index (κ3) is 6.95. The van der Waals surface area contributed by atoms with Gasteiger partial charge in [-0.3, -0.25) is 4.79 Å². The van der Waals surface area contributed by atoms with Crippen LogP contribution in [-0.2, 0) is 16.4 Å². The van der Waals surface area contributed by atoms with Gasteiger partial charge in [-0.1, -0.05) is 56.0 Å². The average Bonchev–Trinajstić information content (AvgIpc) is 3.74. The Hall–Kier alpha value is -1.84. The summed E-state index contributed by atoms with van der Waals surface area (Å²) in [7, 11) is -3.84. The number of aliphatic hydroxyl groups is 2. The van der Waals surface area contributed by atoms with E-state index in [0.717, 1.165) is 74.5 Å². The molecule has 2 N–H and O–H groups in total. The number of allylic oxidation sites excluding steroid dienone is 2. The molecule has 4 atom stereocenters. The van der Waals surface area contributed by atoms with Crippen molar-refractivity contribution in [3.05, 3.63) is 64.1 Å². The summed E-state index contributed by atoms with van der Waals surface area (Å²) in [6, 6.07) is 9.86. The number of hydrogen-bond acceptors (Lipinski definition) is 6. The lowest BCUT2D eigenvalue weighted by Gasteiger charge is -2.58. The lowest BCUT2D eigenvalue weighted by molar-refractivity contribution is -0.0920. The summed E-state index contributed by atoms with van der Waals surface area (Å²) in [6.45, 7) is 4.91. The van der Waals surface area contributed by atoms with Crippen molar-refractivity contribution >= 4 is 27.1 Å². The van der Waals surface area contributed by atoms with E-state index in [-0.39, 0.29) is 29.6 Å². The molecule has 8 aliphatic rings. The first-order valence-corrected chi connectivity index (χ1v) is 23.0. The van der Waals surface area contributed by atoms with E-state index in [2.05, 4.69) is 38.1 Å². The molecular weight excluding hydrogens is 687 g/mol. The molecule has 0 amide bonds.